The number of hydrogen-bond donors (Lipinski definition) is 1. The van der Waals surface area contributed by atoms with Crippen molar-refractivity contribution in [2.24, 2.45) is 0 Å². The maximum absolute atomic E-state index is 13.1. The number of carbonyl (C=O) groups is 1. The van der Waals surface area contributed by atoms with E-state index in [9.17, 15) is 14.3 Å². The lowest BCUT2D eigenvalue weighted by atomic mass is 10.0. The van der Waals surface area contributed by atoms with Crippen LogP contribution >= 0.6 is 0 Å². The third-order valence-electron chi connectivity index (χ3n) is 3.70. The Morgan fingerprint density at radius 3 is 2.48 bits per heavy atom. The van der Waals surface area contributed by atoms with Crippen LogP contribution in [0.25, 0.3) is 0 Å². The monoisotopic (exact) mass is 317 g/mol. The third-order valence-corrected chi connectivity index (χ3v) is 3.70. The highest BCUT2D eigenvalue weighted by Crippen LogP contribution is 2.22. The number of rotatable bonds is 5. The van der Waals surface area contributed by atoms with Gasteiger partial charge in [-0.25, -0.2) is 4.39 Å². The Labute approximate surface area is 135 Å². The molecule has 1 N–H and O–H groups in total. The summed E-state index contributed by atoms with van der Waals surface area (Å²) < 4.78 is 18.6. The maximum atomic E-state index is 13.1. The summed E-state index contributed by atoms with van der Waals surface area (Å²) in [6.07, 6.45) is -0.838. The Morgan fingerprint density at radius 1 is 1.26 bits per heavy atom. The third kappa shape index (κ3) is 4.29. The lowest BCUT2D eigenvalue weighted by molar-refractivity contribution is -0.116. The Hall–Kier alpha value is -2.40. The molecule has 0 fully saturated rings. The van der Waals surface area contributed by atoms with Crippen LogP contribution in [0.3, 0.4) is 0 Å². The Balaban J connectivity index is 1.99. The molecule has 0 spiro atoms. The van der Waals surface area contributed by atoms with Gasteiger partial charge in [0.15, 0.2) is 0 Å². The number of nitrogens with zero attached hydrogens (tertiary/aromatic N) is 1. The smallest absolute Gasteiger partial charge is 0.223 e. The SMILES string of the molecule is CC(=O)N(C)c1ccc(OCC(O)c2ccc(F)cc2C)cc1. The van der Waals surface area contributed by atoms with E-state index in [0.717, 1.165) is 5.69 Å². The number of benzene rings is 2. The van der Waals surface area contributed by atoms with E-state index in [4.69, 9.17) is 4.74 Å². The van der Waals surface area contributed by atoms with Crippen molar-refractivity contribution in [2.45, 2.75) is 20.0 Å². The van der Waals surface area contributed by atoms with Crippen LogP contribution in [0.2, 0.25) is 0 Å². The predicted octanol–water partition coefficient (Wildman–Crippen LogP) is 3.23. The largest absolute Gasteiger partial charge is 0.491 e. The number of halogens is 1. The fourth-order valence-electron chi connectivity index (χ4n) is 2.23. The van der Waals surface area contributed by atoms with Gasteiger partial charge in [0.25, 0.3) is 0 Å². The minimum Gasteiger partial charge on any atom is -0.491 e. The quantitative estimate of drug-likeness (QED) is 0.921. The summed E-state index contributed by atoms with van der Waals surface area (Å²) >= 11 is 0. The minimum atomic E-state index is -0.838. The molecule has 0 heterocycles. The van der Waals surface area contributed by atoms with Gasteiger partial charge in [0.05, 0.1) is 0 Å². The summed E-state index contributed by atoms with van der Waals surface area (Å²) in [6.45, 7) is 3.30. The number of carbonyl (C=O) groups excluding carboxylic acids is 1. The van der Waals surface area contributed by atoms with Gasteiger partial charge < -0.3 is 14.7 Å². The summed E-state index contributed by atoms with van der Waals surface area (Å²) in [5.74, 6) is 0.204. The van der Waals surface area contributed by atoms with Crippen LogP contribution in [-0.4, -0.2) is 24.7 Å². The molecule has 0 aliphatic heterocycles. The first-order valence-electron chi connectivity index (χ1n) is 7.29. The molecule has 0 aromatic heterocycles. The maximum Gasteiger partial charge on any atom is 0.223 e. The molecule has 2 aromatic rings. The van der Waals surface area contributed by atoms with Gasteiger partial charge in [0, 0.05) is 19.7 Å². The van der Waals surface area contributed by atoms with E-state index in [2.05, 4.69) is 0 Å². The first-order chi connectivity index (χ1) is 10.9. The first kappa shape index (κ1) is 17.0. The fraction of sp³-hybridized carbons (Fsp3) is 0.278. The van der Waals surface area contributed by atoms with Crippen molar-refractivity contribution in [1.82, 2.24) is 0 Å². The summed E-state index contributed by atoms with van der Waals surface area (Å²) in [5, 5.41) is 10.2. The van der Waals surface area contributed by atoms with Crippen molar-refractivity contribution in [2.75, 3.05) is 18.6 Å². The van der Waals surface area contributed by atoms with E-state index >= 15 is 0 Å². The molecule has 4 nitrogen and oxygen atoms in total. The summed E-state index contributed by atoms with van der Waals surface area (Å²) in [5.41, 5.74) is 2.08. The summed E-state index contributed by atoms with van der Waals surface area (Å²) in [4.78, 5) is 12.8. The van der Waals surface area contributed by atoms with Crippen LogP contribution in [0.4, 0.5) is 10.1 Å². The number of hydrogen-bond acceptors (Lipinski definition) is 3. The molecule has 0 radical (unpaired) electrons. The number of aryl methyl sites for hydroxylation is 1. The molecule has 1 unspecified atom stereocenters. The average Bonchev–Trinajstić information content (AvgIpc) is 2.52. The number of aliphatic hydroxyl groups excluding tert-OH is 1. The molecule has 1 amide bonds. The van der Waals surface area contributed by atoms with E-state index in [1.165, 1.54) is 24.0 Å². The highest BCUT2D eigenvalue weighted by molar-refractivity contribution is 5.90. The van der Waals surface area contributed by atoms with Crippen LogP contribution in [-0.2, 0) is 4.79 Å². The molecular formula is C18H20FNO3. The molecule has 23 heavy (non-hydrogen) atoms. The molecule has 0 saturated heterocycles. The zero-order chi connectivity index (χ0) is 17.0. The molecule has 0 saturated carbocycles. The number of ether oxygens (including phenoxy) is 1. The number of aliphatic hydroxyl groups is 1. The number of amides is 1. The lowest BCUT2D eigenvalue weighted by Gasteiger charge is -2.17. The summed E-state index contributed by atoms with van der Waals surface area (Å²) in [7, 11) is 1.69. The molecular weight excluding hydrogens is 297 g/mol. The van der Waals surface area contributed by atoms with Gasteiger partial charge in [-0.1, -0.05) is 6.07 Å². The zero-order valence-electron chi connectivity index (χ0n) is 13.4. The second-order valence-electron chi connectivity index (χ2n) is 5.40. The van der Waals surface area contributed by atoms with E-state index in [0.29, 0.717) is 16.9 Å². The molecule has 0 aliphatic rings. The van der Waals surface area contributed by atoms with E-state index < -0.39 is 6.10 Å². The van der Waals surface area contributed by atoms with Gasteiger partial charge in [-0.15, -0.1) is 0 Å². The molecule has 2 aromatic carbocycles. The van der Waals surface area contributed by atoms with Gasteiger partial charge in [0.1, 0.15) is 24.3 Å². The summed E-state index contributed by atoms with van der Waals surface area (Å²) in [6, 6.07) is 11.3. The molecule has 0 bridgehead atoms. The molecule has 122 valence electrons. The second-order valence-corrected chi connectivity index (χ2v) is 5.40. The van der Waals surface area contributed by atoms with E-state index in [1.54, 1.807) is 44.3 Å². The molecule has 1 atom stereocenters. The van der Waals surface area contributed by atoms with Crippen molar-refractivity contribution in [3.63, 3.8) is 0 Å². The van der Waals surface area contributed by atoms with Crippen molar-refractivity contribution in [1.29, 1.82) is 0 Å². The van der Waals surface area contributed by atoms with Gasteiger partial charge >= 0.3 is 0 Å². The minimum absolute atomic E-state index is 0.0547. The van der Waals surface area contributed by atoms with Crippen molar-refractivity contribution in [3.8, 4) is 5.75 Å². The van der Waals surface area contributed by atoms with Crippen LogP contribution in [0.1, 0.15) is 24.2 Å². The standard InChI is InChI=1S/C18H20FNO3/c1-12-10-14(19)4-9-17(12)18(22)11-23-16-7-5-15(6-8-16)20(3)13(2)21/h4-10,18,22H,11H2,1-3H3. The van der Waals surface area contributed by atoms with Crippen molar-refractivity contribution >= 4 is 11.6 Å². The van der Waals surface area contributed by atoms with Crippen molar-refractivity contribution in [3.05, 3.63) is 59.4 Å². The van der Waals surface area contributed by atoms with Gasteiger partial charge in [-0.2, -0.15) is 0 Å². The molecule has 2 rings (SSSR count). The van der Waals surface area contributed by atoms with Crippen LogP contribution in [0.15, 0.2) is 42.5 Å². The fourth-order valence-corrected chi connectivity index (χ4v) is 2.23. The highest BCUT2D eigenvalue weighted by Gasteiger charge is 2.12. The van der Waals surface area contributed by atoms with Gasteiger partial charge in [-0.05, 0) is 54.4 Å². The van der Waals surface area contributed by atoms with E-state index in [-0.39, 0.29) is 18.3 Å². The zero-order valence-corrected chi connectivity index (χ0v) is 13.4. The van der Waals surface area contributed by atoms with Gasteiger partial charge in [-0.3, -0.25) is 4.79 Å². The Bertz CT molecular complexity index is 685. The first-order valence-corrected chi connectivity index (χ1v) is 7.29. The lowest BCUT2D eigenvalue weighted by Crippen LogP contribution is -2.22. The van der Waals surface area contributed by atoms with Crippen LogP contribution in [0.5, 0.6) is 5.75 Å². The second kappa shape index (κ2) is 7.24. The molecule has 0 aliphatic carbocycles. The predicted molar refractivity (Wildman–Crippen MR) is 87.1 cm³/mol. The number of anilines is 1. The van der Waals surface area contributed by atoms with Crippen LogP contribution in [0, 0.1) is 12.7 Å². The average molecular weight is 317 g/mol. The van der Waals surface area contributed by atoms with E-state index in [1.807, 2.05) is 0 Å². The van der Waals surface area contributed by atoms with Crippen molar-refractivity contribution < 1.29 is 19.0 Å². The normalized spacial score (nSPS) is 11.9. The van der Waals surface area contributed by atoms with Gasteiger partial charge in [0.2, 0.25) is 5.91 Å². The molecule has 5 heteroatoms. The Morgan fingerprint density at radius 2 is 1.91 bits per heavy atom. The Kier molecular flexibility index (Phi) is 5.34. The topological polar surface area (TPSA) is 49.8 Å². The van der Waals surface area contributed by atoms with Crippen LogP contribution < -0.4 is 9.64 Å². The highest BCUT2D eigenvalue weighted by atomic mass is 19.1.